The summed E-state index contributed by atoms with van der Waals surface area (Å²) in [6.45, 7) is 2.31. The van der Waals surface area contributed by atoms with Gasteiger partial charge >= 0.3 is 0 Å². The molecule has 1 rings (SSSR count). The van der Waals surface area contributed by atoms with Gasteiger partial charge in [-0.15, -0.1) is 0 Å². The molecule has 0 nitrogen and oxygen atoms in total. The van der Waals surface area contributed by atoms with E-state index in [2.05, 4.69) is 6.92 Å². The van der Waals surface area contributed by atoms with Crippen LogP contribution in [0.5, 0.6) is 0 Å². The number of hydrogen-bond acceptors (Lipinski definition) is 0. The van der Waals surface area contributed by atoms with E-state index in [1.165, 1.54) is 12.8 Å². The summed E-state index contributed by atoms with van der Waals surface area (Å²) in [5, 5.41) is 0. The lowest BCUT2D eigenvalue weighted by atomic mass is 10.4. The van der Waals surface area contributed by atoms with Crippen molar-refractivity contribution in [1.82, 2.24) is 0 Å². The van der Waals surface area contributed by atoms with E-state index >= 15 is 0 Å². The van der Waals surface area contributed by atoms with E-state index in [1.807, 2.05) is 0 Å². The summed E-state index contributed by atoms with van der Waals surface area (Å²) in [5.41, 5.74) is 0. The van der Waals surface area contributed by atoms with Gasteiger partial charge in [-0.3, -0.25) is 0 Å². The number of unbranched alkanes of at least 4 members (excludes halogenated alkanes) is 1. The van der Waals surface area contributed by atoms with Gasteiger partial charge in [-0.25, -0.2) is 0 Å². The van der Waals surface area contributed by atoms with Gasteiger partial charge in [0.2, 0.25) is 0 Å². The van der Waals surface area contributed by atoms with E-state index in [0.29, 0.717) is 0 Å². The lowest BCUT2D eigenvalue weighted by Crippen LogP contribution is -2.03. The van der Waals surface area contributed by atoms with Gasteiger partial charge < -0.3 is 0 Å². The molecule has 0 aromatic carbocycles. The fourth-order valence-electron chi connectivity index (χ4n) is 1.79. The second kappa shape index (κ2) is 4.10. The van der Waals surface area contributed by atoms with E-state index in [4.69, 9.17) is 0 Å². The molecule has 1 aliphatic heterocycles. The second-order valence-corrected chi connectivity index (χ2v) is 6.76. The van der Waals surface area contributed by atoms with Crippen LogP contribution in [0.15, 0.2) is 0 Å². The van der Waals surface area contributed by atoms with Crippen molar-refractivity contribution in [3.63, 3.8) is 0 Å². The van der Waals surface area contributed by atoms with Crippen LogP contribution in [0.25, 0.3) is 0 Å². The highest BCUT2D eigenvalue weighted by atomic mass is 28.3. The molecule has 1 heteroatoms. The summed E-state index contributed by atoms with van der Waals surface area (Å²) in [7, 11) is -0.0987. The monoisotopic (exact) mass is 142 g/mol. The molecule has 0 bridgehead atoms. The lowest BCUT2D eigenvalue weighted by molar-refractivity contribution is 0.872. The van der Waals surface area contributed by atoms with E-state index in [-0.39, 0.29) is 8.80 Å². The molecule has 0 atom stereocenters. The average Bonchev–Trinajstić information content (AvgIpc) is 2.34. The summed E-state index contributed by atoms with van der Waals surface area (Å²) in [4.78, 5) is 0. The molecule has 1 fully saturated rings. The normalized spacial score (nSPS) is 21.0. The van der Waals surface area contributed by atoms with Crippen molar-refractivity contribution >= 4 is 8.80 Å². The Labute approximate surface area is 60.3 Å². The van der Waals surface area contributed by atoms with Crippen LogP contribution in [-0.2, 0) is 0 Å². The van der Waals surface area contributed by atoms with Crippen LogP contribution in [0.3, 0.4) is 0 Å². The summed E-state index contributed by atoms with van der Waals surface area (Å²) >= 11 is 0. The Bertz CT molecular complexity index is 65.0. The predicted molar refractivity (Wildman–Crippen MR) is 45.7 cm³/mol. The topological polar surface area (TPSA) is 0 Å². The number of rotatable bonds is 3. The van der Waals surface area contributed by atoms with Crippen molar-refractivity contribution in [2.24, 2.45) is 0 Å². The van der Waals surface area contributed by atoms with Gasteiger partial charge in [0.1, 0.15) is 0 Å². The highest BCUT2D eigenvalue weighted by Gasteiger charge is 2.14. The van der Waals surface area contributed by atoms with Gasteiger partial charge in [0.15, 0.2) is 0 Å². The first-order chi connectivity index (χ1) is 4.43. The molecule has 0 amide bonds. The highest BCUT2D eigenvalue weighted by Crippen LogP contribution is 2.23. The van der Waals surface area contributed by atoms with Crippen molar-refractivity contribution in [3.8, 4) is 0 Å². The Balaban J connectivity index is 1.98. The van der Waals surface area contributed by atoms with E-state index in [9.17, 15) is 0 Å². The summed E-state index contributed by atoms with van der Waals surface area (Å²) in [6, 6.07) is 4.98. The molecule has 1 saturated heterocycles. The zero-order chi connectivity index (χ0) is 6.53. The zero-order valence-corrected chi connectivity index (χ0v) is 7.68. The first-order valence-corrected chi connectivity index (χ1v) is 6.88. The van der Waals surface area contributed by atoms with Crippen molar-refractivity contribution < 1.29 is 0 Å². The third-order valence-corrected chi connectivity index (χ3v) is 6.11. The SMILES string of the molecule is CCCC[SiH]1CCCC1. The molecule has 1 aliphatic rings. The van der Waals surface area contributed by atoms with E-state index in [1.54, 1.807) is 31.0 Å². The quantitative estimate of drug-likeness (QED) is 0.532. The molecular formula is C8H18Si. The van der Waals surface area contributed by atoms with Gasteiger partial charge in [-0.05, 0) is 0 Å². The summed E-state index contributed by atoms with van der Waals surface area (Å²) in [6.07, 6.45) is 6.08. The van der Waals surface area contributed by atoms with Crippen LogP contribution in [0.1, 0.15) is 32.6 Å². The van der Waals surface area contributed by atoms with Crippen molar-refractivity contribution in [1.29, 1.82) is 0 Å². The molecule has 0 unspecified atom stereocenters. The minimum atomic E-state index is -0.0987. The van der Waals surface area contributed by atoms with E-state index < -0.39 is 0 Å². The maximum atomic E-state index is 2.31. The summed E-state index contributed by atoms with van der Waals surface area (Å²) < 4.78 is 0. The molecule has 54 valence electrons. The third-order valence-electron chi connectivity index (χ3n) is 2.44. The molecular weight excluding hydrogens is 124 g/mol. The average molecular weight is 142 g/mol. The predicted octanol–water partition coefficient (Wildman–Crippen LogP) is 2.81. The van der Waals surface area contributed by atoms with Crippen LogP contribution in [-0.4, -0.2) is 8.80 Å². The maximum Gasteiger partial charge on any atom is 0.0367 e. The van der Waals surface area contributed by atoms with Crippen LogP contribution < -0.4 is 0 Å². The lowest BCUT2D eigenvalue weighted by Gasteiger charge is -2.03. The Morgan fingerprint density at radius 2 is 1.89 bits per heavy atom. The van der Waals surface area contributed by atoms with Crippen LogP contribution >= 0.6 is 0 Å². The fourth-order valence-corrected chi connectivity index (χ4v) is 5.38. The number of hydrogen-bond donors (Lipinski definition) is 0. The Morgan fingerprint density at radius 1 is 1.22 bits per heavy atom. The fraction of sp³-hybridized carbons (Fsp3) is 1.00. The Morgan fingerprint density at radius 3 is 2.44 bits per heavy atom. The zero-order valence-electron chi connectivity index (χ0n) is 6.53. The van der Waals surface area contributed by atoms with Crippen LogP contribution in [0, 0.1) is 0 Å². The second-order valence-electron chi connectivity index (χ2n) is 3.29. The molecule has 0 N–H and O–H groups in total. The van der Waals surface area contributed by atoms with Gasteiger partial charge in [-0.2, -0.15) is 0 Å². The first-order valence-electron chi connectivity index (χ1n) is 4.43. The van der Waals surface area contributed by atoms with E-state index in [0.717, 1.165) is 0 Å². The van der Waals surface area contributed by atoms with Crippen LogP contribution in [0.2, 0.25) is 18.1 Å². The van der Waals surface area contributed by atoms with Gasteiger partial charge in [0, 0.05) is 8.80 Å². The van der Waals surface area contributed by atoms with Gasteiger partial charge in [0.25, 0.3) is 0 Å². The third kappa shape index (κ3) is 2.52. The Hall–Kier alpha value is 0.217. The molecule has 9 heavy (non-hydrogen) atoms. The molecule has 1 heterocycles. The minimum Gasteiger partial charge on any atom is -0.0654 e. The first kappa shape index (κ1) is 7.33. The van der Waals surface area contributed by atoms with Gasteiger partial charge in [0.05, 0.1) is 0 Å². The summed E-state index contributed by atoms with van der Waals surface area (Å²) in [5.74, 6) is 0. The Kier molecular flexibility index (Phi) is 3.34. The largest absolute Gasteiger partial charge is 0.0654 e. The van der Waals surface area contributed by atoms with Gasteiger partial charge in [-0.1, -0.05) is 50.7 Å². The van der Waals surface area contributed by atoms with Crippen LogP contribution in [0.4, 0.5) is 0 Å². The smallest absolute Gasteiger partial charge is 0.0367 e. The van der Waals surface area contributed by atoms with Crippen molar-refractivity contribution in [2.75, 3.05) is 0 Å². The molecule has 0 aliphatic carbocycles. The standard InChI is InChI=1S/C8H18Si/c1-2-3-6-9-7-4-5-8-9/h9H,2-8H2,1H3. The van der Waals surface area contributed by atoms with Crippen molar-refractivity contribution in [2.45, 2.75) is 50.7 Å². The molecule has 0 saturated carbocycles. The molecule has 0 radical (unpaired) electrons. The minimum absolute atomic E-state index is 0.0987. The van der Waals surface area contributed by atoms with Crippen molar-refractivity contribution in [3.05, 3.63) is 0 Å². The maximum absolute atomic E-state index is 2.31. The molecule has 0 aromatic rings. The highest BCUT2D eigenvalue weighted by molar-refractivity contribution is 6.59. The molecule has 0 aromatic heterocycles. The molecule has 0 spiro atoms.